The fourth-order valence-electron chi connectivity index (χ4n) is 3.75. The Balaban J connectivity index is 2.46. The molecule has 2 aromatic carbocycles. The Kier molecular flexibility index (Phi) is 9.05. The summed E-state index contributed by atoms with van der Waals surface area (Å²) in [5.41, 5.74) is 3.10. The zero-order valence-electron chi connectivity index (χ0n) is 20.3. The highest BCUT2D eigenvalue weighted by atomic mass is 32.2. The van der Waals surface area contributed by atoms with Gasteiger partial charge in [-0.05, 0) is 51.3 Å². The van der Waals surface area contributed by atoms with Gasteiger partial charge in [0.25, 0.3) is 0 Å². The van der Waals surface area contributed by atoms with Crippen LogP contribution >= 0.6 is 0 Å². The second-order valence-electron chi connectivity index (χ2n) is 8.65. The number of rotatable bonds is 10. The van der Waals surface area contributed by atoms with Crippen LogP contribution in [0, 0.1) is 13.8 Å². The van der Waals surface area contributed by atoms with Crippen LogP contribution < -0.4 is 9.62 Å². The Labute approximate surface area is 197 Å². The van der Waals surface area contributed by atoms with E-state index in [0.717, 1.165) is 27.3 Å². The standard InChI is InChI=1S/C25H35N3O4S/c1-7-22(25(30)26-18(2)3)27(16-21-13-10-11-19(4)15-21)24(29)17-28(33(6,31)32)23-14-9-8-12-20(23)5/h8-15,18,22H,7,16-17H2,1-6H3,(H,26,30). The third kappa shape index (κ3) is 7.32. The number of para-hydroxylation sites is 1. The molecular formula is C25H35N3O4S. The van der Waals surface area contributed by atoms with E-state index in [1.54, 1.807) is 25.1 Å². The lowest BCUT2D eigenvalue weighted by atomic mass is 10.1. The van der Waals surface area contributed by atoms with Crippen LogP contribution in [0.5, 0.6) is 0 Å². The summed E-state index contributed by atoms with van der Waals surface area (Å²) in [7, 11) is -3.74. The maximum atomic E-state index is 13.6. The molecule has 0 saturated heterocycles. The maximum absolute atomic E-state index is 13.6. The van der Waals surface area contributed by atoms with E-state index in [1.807, 2.05) is 58.0 Å². The number of anilines is 1. The minimum absolute atomic E-state index is 0.0815. The summed E-state index contributed by atoms with van der Waals surface area (Å²) in [5.74, 6) is -0.689. The molecule has 180 valence electrons. The largest absolute Gasteiger partial charge is 0.352 e. The van der Waals surface area contributed by atoms with Crippen molar-refractivity contribution in [3.05, 3.63) is 65.2 Å². The molecule has 2 aromatic rings. The van der Waals surface area contributed by atoms with Crippen molar-refractivity contribution in [2.24, 2.45) is 0 Å². The van der Waals surface area contributed by atoms with E-state index in [0.29, 0.717) is 12.1 Å². The molecule has 0 aromatic heterocycles. The Morgan fingerprint density at radius 3 is 2.24 bits per heavy atom. The van der Waals surface area contributed by atoms with Gasteiger partial charge in [0.05, 0.1) is 11.9 Å². The van der Waals surface area contributed by atoms with Gasteiger partial charge in [-0.25, -0.2) is 8.42 Å². The number of hydrogen-bond donors (Lipinski definition) is 1. The lowest BCUT2D eigenvalue weighted by Crippen LogP contribution is -2.53. The van der Waals surface area contributed by atoms with Crippen LogP contribution in [0.3, 0.4) is 0 Å². The van der Waals surface area contributed by atoms with Crippen LogP contribution in [-0.4, -0.2) is 50.0 Å². The van der Waals surface area contributed by atoms with Crippen molar-refractivity contribution >= 4 is 27.5 Å². The topological polar surface area (TPSA) is 86.8 Å². The van der Waals surface area contributed by atoms with Crippen LogP contribution in [0.4, 0.5) is 5.69 Å². The Bertz CT molecular complexity index is 1080. The van der Waals surface area contributed by atoms with Crippen molar-refractivity contribution in [3.8, 4) is 0 Å². The smallest absolute Gasteiger partial charge is 0.244 e. The highest BCUT2D eigenvalue weighted by Gasteiger charge is 2.32. The third-order valence-electron chi connectivity index (χ3n) is 5.32. The first-order valence-electron chi connectivity index (χ1n) is 11.1. The van der Waals surface area contributed by atoms with E-state index in [4.69, 9.17) is 0 Å². The summed E-state index contributed by atoms with van der Waals surface area (Å²) in [6, 6.07) is 13.9. The molecule has 0 aliphatic carbocycles. The molecule has 0 aliphatic heterocycles. The van der Waals surface area contributed by atoms with E-state index in [2.05, 4.69) is 5.32 Å². The molecular weight excluding hydrogens is 438 g/mol. The van der Waals surface area contributed by atoms with Gasteiger partial charge in [0.15, 0.2) is 0 Å². The molecule has 0 aliphatic rings. The highest BCUT2D eigenvalue weighted by Crippen LogP contribution is 2.23. The average molecular weight is 474 g/mol. The fraction of sp³-hybridized carbons (Fsp3) is 0.440. The minimum Gasteiger partial charge on any atom is -0.352 e. The zero-order chi connectivity index (χ0) is 24.8. The van der Waals surface area contributed by atoms with Crippen molar-refractivity contribution in [2.75, 3.05) is 17.1 Å². The number of nitrogens with zero attached hydrogens (tertiary/aromatic N) is 2. The number of amides is 2. The van der Waals surface area contributed by atoms with Gasteiger partial charge in [0, 0.05) is 12.6 Å². The number of aryl methyl sites for hydroxylation is 2. The third-order valence-corrected chi connectivity index (χ3v) is 6.44. The van der Waals surface area contributed by atoms with Gasteiger partial charge in [0.2, 0.25) is 21.8 Å². The average Bonchev–Trinajstić information content (AvgIpc) is 2.71. The van der Waals surface area contributed by atoms with Crippen molar-refractivity contribution in [1.82, 2.24) is 10.2 Å². The molecule has 0 saturated carbocycles. The molecule has 8 heteroatoms. The molecule has 33 heavy (non-hydrogen) atoms. The Morgan fingerprint density at radius 2 is 1.70 bits per heavy atom. The van der Waals surface area contributed by atoms with E-state index in [1.165, 1.54) is 4.90 Å². The number of carbonyl (C=O) groups is 2. The number of sulfonamides is 1. The van der Waals surface area contributed by atoms with E-state index < -0.39 is 22.0 Å². The normalized spacial score (nSPS) is 12.3. The lowest BCUT2D eigenvalue weighted by Gasteiger charge is -2.33. The van der Waals surface area contributed by atoms with Crippen LogP contribution in [0.15, 0.2) is 48.5 Å². The Morgan fingerprint density at radius 1 is 1.03 bits per heavy atom. The SMILES string of the molecule is CCC(C(=O)NC(C)C)N(Cc1cccc(C)c1)C(=O)CN(c1ccccc1C)S(C)(=O)=O. The Hall–Kier alpha value is -2.87. The van der Waals surface area contributed by atoms with E-state index in [-0.39, 0.29) is 25.0 Å². The predicted octanol–water partition coefficient (Wildman–Crippen LogP) is 3.40. The number of benzene rings is 2. The monoisotopic (exact) mass is 473 g/mol. The summed E-state index contributed by atoms with van der Waals surface area (Å²) in [4.78, 5) is 28.1. The van der Waals surface area contributed by atoms with Crippen LogP contribution in [-0.2, 0) is 26.2 Å². The second kappa shape index (κ2) is 11.3. The first-order valence-corrected chi connectivity index (χ1v) is 13.0. The highest BCUT2D eigenvalue weighted by molar-refractivity contribution is 7.92. The van der Waals surface area contributed by atoms with Crippen LogP contribution in [0.25, 0.3) is 0 Å². The molecule has 1 atom stereocenters. The summed E-state index contributed by atoms with van der Waals surface area (Å²) < 4.78 is 26.4. The van der Waals surface area contributed by atoms with E-state index >= 15 is 0 Å². The second-order valence-corrected chi connectivity index (χ2v) is 10.6. The molecule has 0 radical (unpaired) electrons. The zero-order valence-corrected chi connectivity index (χ0v) is 21.1. The van der Waals surface area contributed by atoms with Crippen molar-refractivity contribution in [1.29, 1.82) is 0 Å². The van der Waals surface area contributed by atoms with Crippen LogP contribution in [0.1, 0.15) is 43.9 Å². The number of hydrogen-bond acceptors (Lipinski definition) is 4. The molecule has 2 rings (SSSR count). The molecule has 0 spiro atoms. The molecule has 1 unspecified atom stereocenters. The quantitative estimate of drug-likeness (QED) is 0.573. The first kappa shape index (κ1) is 26.4. The minimum atomic E-state index is -3.74. The van der Waals surface area contributed by atoms with Gasteiger partial charge in [-0.1, -0.05) is 55.0 Å². The summed E-state index contributed by atoms with van der Waals surface area (Å²) in [6.07, 6.45) is 1.49. The number of nitrogens with one attached hydrogen (secondary N) is 1. The van der Waals surface area contributed by atoms with Gasteiger partial charge in [-0.15, -0.1) is 0 Å². The van der Waals surface area contributed by atoms with Crippen molar-refractivity contribution < 1.29 is 18.0 Å². The molecule has 0 fully saturated rings. The lowest BCUT2D eigenvalue weighted by molar-refractivity contribution is -0.140. The van der Waals surface area contributed by atoms with E-state index in [9.17, 15) is 18.0 Å². The van der Waals surface area contributed by atoms with Crippen molar-refractivity contribution in [3.63, 3.8) is 0 Å². The first-order chi connectivity index (χ1) is 15.4. The predicted molar refractivity (Wildman–Crippen MR) is 132 cm³/mol. The number of carbonyl (C=O) groups excluding carboxylic acids is 2. The molecule has 0 bridgehead atoms. The molecule has 1 N–H and O–H groups in total. The van der Waals surface area contributed by atoms with Gasteiger partial charge in [-0.2, -0.15) is 0 Å². The molecule has 0 heterocycles. The summed E-state index contributed by atoms with van der Waals surface area (Å²) in [6.45, 7) is 9.14. The van der Waals surface area contributed by atoms with Crippen LogP contribution in [0.2, 0.25) is 0 Å². The van der Waals surface area contributed by atoms with Gasteiger partial charge >= 0.3 is 0 Å². The fourth-order valence-corrected chi connectivity index (χ4v) is 4.65. The van der Waals surface area contributed by atoms with Gasteiger partial charge < -0.3 is 10.2 Å². The van der Waals surface area contributed by atoms with Gasteiger partial charge in [0.1, 0.15) is 12.6 Å². The van der Waals surface area contributed by atoms with Crippen molar-refractivity contribution in [2.45, 2.75) is 59.7 Å². The molecule has 7 nitrogen and oxygen atoms in total. The summed E-state index contributed by atoms with van der Waals surface area (Å²) >= 11 is 0. The molecule has 2 amide bonds. The summed E-state index contributed by atoms with van der Waals surface area (Å²) in [5, 5.41) is 2.89. The maximum Gasteiger partial charge on any atom is 0.244 e. The van der Waals surface area contributed by atoms with Gasteiger partial charge in [-0.3, -0.25) is 13.9 Å².